The van der Waals surface area contributed by atoms with Gasteiger partial charge >= 0.3 is 0 Å². The molecule has 5 aromatic rings. The van der Waals surface area contributed by atoms with E-state index in [4.69, 9.17) is 19.9 Å². The predicted molar refractivity (Wildman–Crippen MR) is 192 cm³/mol. The lowest BCUT2D eigenvalue weighted by atomic mass is 9.96. The molecule has 2 saturated heterocycles. The number of carbonyl (C=O) groups excluding carboxylic acids is 1. The molecule has 14 heteroatoms. The second kappa shape index (κ2) is 14.9. The van der Waals surface area contributed by atoms with Crippen molar-refractivity contribution >= 4 is 52.2 Å². The molecule has 7 rings (SSSR count). The molecule has 2 N–H and O–H groups in total. The Labute approximate surface area is 294 Å². The largest absolute Gasteiger partial charge is 0.353 e. The van der Waals surface area contributed by atoms with Crippen molar-refractivity contribution < 1.29 is 9.18 Å². The molecule has 0 unspecified atom stereocenters. The van der Waals surface area contributed by atoms with E-state index < -0.39 is 0 Å². The number of aryl methyl sites for hydroxylation is 1. The van der Waals surface area contributed by atoms with Gasteiger partial charge in [0.25, 0.3) is 0 Å². The fourth-order valence-corrected chi connectivity index (χ4v) is 7.38. The number of carbonyl (C=O) groups is 1. The summed E-state index contributed by atoms with van der Waals surface area (Å²) in [6, 6.07) is 12.5. The Kier molecular flexibility index (Phi) is 10.4. The highest BCUT2D eigenvalue weighted by molar-refractivity contribution is 7.16. The number of fused-ring (bicyclic) bond motifs is 1. The van der Waals surface area contributed by atoms with Gasteiger partial charge in [-0.25, -0.2) is 24.3 Å². The number of anilines is 3. The quantitative estimate of drug-likeness (QED) is 0.208. The summed E-state index contributed by atoms with van der Waals surface area (Å²) in [6.07, 6.45) is 9.99. The first-order chi connectivity index (χ1) is 23.4. The first-order valence-corrected chi connectivity index (χ1v) is 17.2. The van der Waals surface area contributed by atoms with Gasteiger partial charge < -0.3 is 20.4 Å². The third-order valence-corrected chi connectivity index (χ3v) is 10.3. The van der Waals surface area contributed by atoms with Gasteiger partial charge in [-0.1, -0.05) is 18.3 Å². The van der Waals surface area contributed by atoms with Crippen LogP contribution in [0.2, 0.25) is 0 Å². The minimum atomic E-state index is -0.339. The highest BCUT2D eigenvalue weighted by Gasteiger charge is 2.27. The molecule has 1 aromatic carbocycles. The number of hydrogen-bond acceptors (Lipinski definition) is 10. The zero-order valence-electron chi connectivity index (χ0n) is 27.4. The first kappa shape index (κ1) is 34.2. The molecular formula is C35H38ClFN10OS. The molecule has 2 aliphatic rings. The molecule has 2 aliphatic heterocycles. The molecule has 1 amide bonds. The predicted octanol–water partition coefficient (Wildman–Crippen LogP) is 5.76. The van der Waals surface area contributed by atoms with Crippen LogP contribution in [0.15, 0.2) is 55.0 Å². The Hall–Kier alpha value is -4.64. The summed E-state index contributed by atoms with van der Waals surface area (Å²) in [5, 5.41) is 17.1. The van der Waals surface area contributed by atoms with Crippen molar-refractivity contribution in [3.05, 3.63) is 71.4 Å². The van der Waals surface area contributed by atoms with E-state index in [1.165, 1.54) is 23.5 Å². The van der Waals surface area contributed by atoms with Gasteiger partial charge in [0.15, 0.2) is 5.13 Å². The lowest BCUT2D eigenvalue weighted by Gasteiger charge is -2.33. The van der Waals surface area contributed by atoms with Crippen LogP contribution in [-0.4, -0.2) is 69.5 Å². The Morgan fingerprint density at radius 1 is 1.04 bits per heavy atom. The van der Waals surface area contributed by atoms with E-state index in [-0.39, 0.29) is 36.1 Å². The minimum absolute atomic E-state index is 0. The molecule has 254 valence electrons. The van der Waals surface area contributed by atoms with E-state index in [1.807, 2.05) is 47.1 Å². The Morgan fingerprint density at radius 3 is 2.41 bits per heavy atom. The molecule has 11 nitrogen and oxygen atoms in total. The monoisotopic (exact) mass is 700 g/mol. The van der Waals surface area contributed by atoms with Crippen LogP contribution in [0, 0.1) is 23.1 Å². The van der Waals surface area contributed by atoms with Gasteiger partial charge in [0.2, 0.25) is 11.9 Å². The molecule has 4 aromatic heterocycles. The Bertz CT molecular complexity index is 1960. The van der Waals surface area contributed by atoms with Crippen LogP contribution in [0.1, 0.15) is 43.2 Å². The number of amides is 1. The van der Waals surface area contributed by atoms with Crippen LogP contribution in [0.25, 0.3) is 28.0 Å². The van der Waals surface area contributed by atoms with Crippen molar-refractivity contribution in [1.29, 1.82) is 5.26 Å². The summed E-state index contributed by atoms with van der Waals surface area (Å²) in [5.41, 5.74) is 4.72. The Balaban J connectivity index is 0.00000417. The number of pyridine rings is 1. The van der Waals surface area contributed by atoms with Crippen LogP contribution in [0.3, 0.4) is 0 Å². The third kappa shape index (κ3) is 7.08. The molecule has 6 heterocycles. The summed E-state index contributed by atoms with van der Waals surface area (Å²) in [5.74, 6) is 1.52. The lowest BCUT2D eigenvalue weighted by molar-refractivity contribution is -0.126. The molecule has 49 heavy (non-hydrogen) atoms. The molecule has 0 atom stereocenters. The fraction of sp³-hybridized carbons (Fsp3) is 0.371. The van der Waals surface area contributed by atoms with Gasteiger partial charge in [0.1, 0.15) is 33.9 Å². The molecule has 0 radical (unpaired) electrons. The summed E-state index contributed by atoms with van der Waals surface area (Å²) in [6.45, 7) is 5.47. The number of hydrogen-bond donors (Lipinski definition) is 2. The molecule has 0 aliphatic carbocycles. The lowest BCUT2D eigenvalue weighted by Crippen LogP contribution is -2.48. The van der Waals surface area contributed by atoms with Gasteiger partial charge in [0.05, 0.1) is 5.69 Å². The molecule has 2 fully saturated rings. The van der Waals surface area contributed by atoms with E-state index in [0.29, 0.717) is 33.6 Å². The van der Waals surface area contributed by atoms with E-state index in [1.54, 1.807) is 12.1 Å². The molecule has 0 spiro atoms. The van der Waals surface area contributed by atoms with E-state index >= 15 is 0 Å². The van der Waals surface area contributed by atoms with Crippen molar-refractivity contribution in [2.45, 2.75) is 45.1 Å². The van der Waals surface area contributed by atoms with Gasteiger partial charge in [-0.15, -0.1) is 12.4 Å². The summed E-state index contributed by atoms with van der Waals surface area (Å²) < 4.78 is 15.6. The van der Waals surface area contributed by atoms with Crippen LogP contribution in [0.4, 0.5) is 21.3 Å². The standard InChI is InChI=1S/C35H37FN10OS.ClH/c1-3-28-33(44(2)35-43-31(29(18-37)48-35)22-4-7-26(36)8-5-22)46-21-24(6-9-30(46)42-28)25-19-39-34(40-20-25)45-16-12-27(13-17-45)41-32(47)23-10-14-38-15-11-23;/h4-9,19-21,23,27,38H,3,10-17H2,1-2H3,(H,41,47);1H. The number of thiazole rings is 1. The normalized spacial score (nSPS) is 15.5. The molecule has 0 bridgehead atoms. The summed E-state index contributed by atoms with van der Waals surface area (Å²) in [7, 11) is 1.92. The van der Waals surface area contributed by atoms with Crippen molar-refractivity contribution in [2.75, 3.05) is 43.0 Å². The number of nitriles is 1. The average Bonchev–Trinajstić information content (AvgIpc) is 3.74. The number of nitrogens with one attached hydrogen (secondary N) is 2. The summed E-state index contributed by atoms with van der Waals surface area (Å²) >= 11 is 1.29. The first-order valence-electron chi connectivity index (χ1n) is 16.4. The van der Waals surface area contributed by atoms with Crippen LogP contribution in [0.5, 0.6) is 0 Å². The maximum absolute atomic E-state index is 13.6. The number of piperidine rings is 2. The number of nitrogens with zero attached hydrogens (tertiary/aromatic N) is 8. The van der Waals surface area contributed by atoms with E-state index in [2.05, 4.69) is 28.5 Å². The SMILES string of the molecule is CCc1nc2ccc(-c3cnc(N4CCC(NC(=O)C5CCNCC5)CC4)nc3)cn2c1N(C)c1nc(-c2ccc(F)cc2)c(C#N)s1.Cl. The van der Waals surface area contributed by atoms with Crippen molar-refractivity contribution in [2.24, 2.45) is 5.92 Å². The molecular weight excluding hydrogens is 663 g/mol. The zero-order valence-corrected chi connectivity index (χ0v) is 29.0. The van der Waals surface area contributed by atoms with E-state index in [0.717, 1.165) is 80.1 Å². The number of imidazole rings is 1. The maximum Gasteiger partial charge on any atom is 0.225 e. The van der Waals surface area contributed by atoms with E-state index in [9.17, 15) is 14.4 Å². The zero-order chi connectivity index (χ0) is 33.2. The summed E-state index contributed by atoms with van der Waals surface area (Å²) in [4.78, 5) is 36.4. The van der Waals surface area contributed by atoms with Crippen LogP contribution < -0.4 is 20.4 Å². The highest BCUT2D eigenvalue weighted by Crippen LogP contribution is 2.37. The number of benzene rings is 1. The van der Waals surface area contributed by atoms with Gasteiger partial charge in [0, 0.05) is 67.4 Å². The van der Waals surface area contributed by atoms with Crippen LogP contribution >= 0.6 is 23.7 Å². The average molecular weight is 701 g/mol. The number of halogens is 2. The van der Waals surface area contributed by atoms with Crippen LogP contribution in [-0.2, 0) is 11.2 Å². The third-order valence-electron chi connectivity index (χ3n) is 9.24. The minimum Gasteiger partial charge on any atom is -0.353 e. The second-order valence-corrected chi connectivity index (χ2v) is 13.3. The number of aromatic nitrogens is 5. The second-order valence-electron chi connectivity index (χ2n) is 12.3. The molecule has 0 saturated carbocycles. The van der Waals surface area contributed by atoms with Gasteiger partial charge in [-0.3, -0.25) is 9.20 Å². The van der Waals surface area contributed by atoms with Crippen molar-refractivity contribution in [3.63, 3.8) is 0 Å². The van der Waals surface area contributed by atoms with Gasteiger partial charge in [-0.05, 0) is 81.6 Å². The van der Waals surface area contributed by atoms with Crippen molar-refractivity contribution in [1.82, 2.24) is 35.0 Å². The van der Waals surface area contributed by atoms with Gasteiger partial charge in [-0.2, -0.15) is 5.26 Å². The fourth-order valence-electron chi connectivity index (χ4n) is 6.53. The highest BCUT2D eigenvalue weighted by atomic mass is 35.5. The number of rotatable bonds is 8. The Morgan fingerprint density at radius 2 is 1.73 bits per heavy atom. The maximum atomic E-state index is 13.6. The smallest absolute Gasteiger partial charge is 0.225 e. The van der Waals surface area contributed by atoms with Crippen molar-refractivity contribution in [3.8, 4) is 28.5 Å². The topological polar surface area (TPSA) is 127 Å².